The third-order valence-corrected chi connectivity index (χ3v) is 3.07. The van der Waals surface area contributed by atoms with Gasteiger partial charge >= 0.3 is 11.9 Å². The van der Waals surface area contributed by atoms with Crippen LogP contribution in [0.25, 0.3) is 0 Å². The third kappa shape index (κ3) is 3.09. The molecule has 0 aliphatic rings. The van der Waals surface area contributed by atoms with Crippen LogP contribution in [-0.4, -0.2) is 22.2 Å². The molecule has 18 heavy (non-hydrogen) atoms. The third-order valence-electron chi connectivity index (χ3n) is 3.07. The number of carboxylic acids is 2. The minimum absolute atomic E-state index is 0.0649. The zero-order valence-electron chi connectivity index (χ0n) is 10.8. The van der Waals surface area contributed by atoms with Gasteiger partial charge in [-0.1, -0.05) is 43.7 Å². The SMILES string of the molecule is Cc1ccc(C(C(C)C)C(C(=O)O)C(=O)O)cc1. The fourth-order valence-electron chi connectivity index (χ4n) is 2.16. The van der Waals surface area contributed by atoms with Gasteiger partial charge in [0.05, 0.1) is 0 Å². The van der Waals surface area contributed by atoms with Crippen molar-refractivity contribution in [3.8, 4) is 0 Å². The summed E-state index contributed by atoms with van der Waals surface area (Å²) in [5.41, 5.74) is 1.81. The number of carboxylic acid groups (broad SMARTS) is 2. The fraction of sp³-hybridized carbons (Fsp3) is 0.429. The molecule has 0 aliphatic heterocycles. The lowest BCUT2D eigenvalue weighted by atomic mass is 9.78. The van der Waals surface area contributed by atoms with Gasteiger partial charge in [0.15, 0.2) is 5.92 Å². The van der Waals surface area contributed by atoms with Crippen molar-refractivity contribution in [1.82, 2.24) is 0 Å². The first-order valence-electron chi connectivity index (χ1n) is 5.86. The molecule has 0 amide bonds. The summed E-state index contributed by atoms with van der Waals surface area (Å²) < 4.78 is 0. The predicted octanol–water partition coefficient (Wildman–Crippen LogP) is 2.52. The molecule has 0 heterocycles. The number of aryl methyl sites for hydroxylation is 1. The molecule has 1 aromatic carbocycles. The average molecular weight is 250 g/mol. The normalized spacial score (nSPS) is 12.7. The van der Waals surface area contributed by atoms with Crippen LogP contribution in [0.3, 0.4) is 0 Å². The van der Waals surface area contributed by atoms with Gasteiger partial charge in [-0.25, -0.2) is 0 Å². The number of hydrogen-bond acceptors (Lipinski definition) is 2. The summed E-state index contributed by atoms with van der Waals surface area (Å²) >= 11 is 0. The van der Waals surface area contributed by atoms with Gasteiger partial charge < -0.3 is 10.2 Å². The lowest BCUT2D eigenvalue weighted by Crippen LogP contribution is -2.32. The molecular formula is C14H18O4. The second-order valence-electron chi connectivity index (χ2n) is 4.83. The Morgan fingerprint density at radius 1 is 1.00 bits per heavy atom. The quantitative estimate of drug-likeness (QED) is 0.787. The molecule has 0 aliphatic carbocycles. The van der Waals surface area contributed by atoms with E-state index in [1.807, 2.05) is 32.9 Å². The Morgan fingerprint density at radius 2 is 1.44 bits per heavy atom. The molecular weight excluding hydrogens is 232 g/mol. The van der Waals surface area contributed by atoms with Gasteiger partial charge in [-0.3, -0.25) is 9.59 Å². The number of carbonyl (C=O) groups is 2. The van der Waals surface area contributed by atoms with Crippen LogP contribution in [0.4, 0.5) is 0 Å². The number of benzene rings is 1. The van der Waals surface area contributed by atoms with E-state index in [4.69, 9.17) is 10.2 Å². The fourth-order valence-corrected chi connectivity index (χ4v) is 2.16. The molecule has 98 valence electrons. The molecule has 0 radical (unpaired) electrons. The van der Waals surface area contributed by atoms with Crippen molar-refractivity contribution < 1.29 is 19.8 Å². The van der Waals surface area contributed by atoms with E-state index < -0.39 is 23.8 Å². The largest absolute Gasteiger partial charge is 0.481 e. The lowest BCUT2D eigenvalue weighted by Gasteiger charge is -2.25. The van der Waals surface area contributed by atoms with Crippen molar-refractivity contribution in [2.75, 3.05) is 0 Å². The van der Waals surface area contributed by atoms with E-state index in [1.165, 1.54) is 0 Å². The van der Waals surface area contributed by atoms with Crippen LogP contribution in [0.15, 0.2) is 24.3 Å². The minimum Gasteiger partial charge on any atom is -0.481 e. The smallest absolute Gasteiger partial charge is 0.318 e. The predicted molar refractivity (Wildman–Crippen MR) is 67.5 cm³/mol. The molecule has 0 saturated heterocycles. The average Bonchev–Trinajstić information content (AvgIpc) is 2.25. The first-order valence-corrected chi connectivity index (χ1v) is 5.86. The van der Waals surface area contributed by atoms with Crippen molar-refractivity contribution in [1.29, 1.82) is 0 Å². The Morgan fingerprint density at radius 3 is 1.78 bits per heavy atom. The van der Waals surface area contributed by atoms with Crippen LogP contribution in [0, 0.1) is 18.8 Å². The second-order valence-corrected chi connectivity index (χ2v) is 4.83. The van der Waals surface area contributed by atoms with E-state index in [0.717, 1.165) is 11.1 Å². The molecule has 4 heteroatoms. The zero-order chi connectivity index (χ0) is 13.9. The van der Waals surface area contributed by atoms with Crippen LogP contribution >= 0.6 is 0 Å². The highest BCUT2D eigenvalue weighted by Crippen LogP contribution is 2.32. The second kappa shape index (κ2) is 5.67. The van der Waals surface area contributed by atoms with Gasteiger partial charge in [-0.05, 0) is 18.4 Å². The van der Waals surface area contributed by atoms with Crippen molar-refractivity contribution in [2.24, 2.45) is 11.8 Å². The van der Waals surface area contributed by atoms with Gasteiger partial charge in [0.1, 0.15) is 0 Å². The zero-order valence-corrected chi connectivity index (χ0v) is 10.8. The van der Waals surface area contributed by atoms with Crippen molar-refractivity contribution in [3.05, 3.63) is 35.4 Å². The minimum atomic E-state index is -1.41. The first-order chi connectivity index (χ1) is 8.34. The maximum atomic E-state index is 11.1. The highest BCUT2D eigenvalue weighted by atomic mass is 16.4. The Kier molecular flexibility index (Phi) is 4.48. The number of hydrogen-bond donors (Lipinski definition) is 2. The number of aliphatic carboxylic acids is 2. The summed E-state index contributed by atoms with van der Waals surface area (Å²) in [5.74, 6) is -4.58. The van der Waals surface area contributed by atoms with Gasteiger partial charge in [0, 0.05) is 5.92 Å². The monoisotopic (exact) mass is 250 g/mol. The summed E-state index contributed by atoms with van der Waals surface area (Å²) in [5, 5.41) is 18.2. The molecule has 0 saturated carbocycles. The topological polar surface area (TPSA) is 74.6 Å². The Bertz CT molecular complexity index is 420. The molecule has 2 N–H and O–H groups in total. The maximum Gasteiger partial charge on any atom is 0.318 e. The molecule has 0 aromatic heterocycles. The Balaban J connectivity index is 3.20. The van der Waals surface area contributed by atoms with Crippen LogP contribution in [-0.2, 0) is 9.59 Å². The summed E-state index contributed by atoms with van der Waals surface area (Å²) in [6.45, 7) is 5.60. The summed E-state index contributed by atoms with van der Waals surface area (Å²) in [4.78, 5) is 22.3. The standard InChI is InChI=1S/C14H18O4/c1-8(2)11(12(13(15)16)14(17)18)10-6-4-9(3)5-7-10/h4-8,11-12H,1-3H3,(H,15,16)(H,17,18). The summed E-state index contributed by atoms with van der Waals surface area (Å²) in [6, 6.07) is 7.34. The van der Waals surface area contributed by atoms with E-state index in [1.54, 1.807) is 12.1 Å². The van der Waals surface area contributed by atoms with Crippen LogP contribution in [0.1, 0.15) is 30.9 Å². The summed E-state index contributed by atoms with van der Waals surface area (Å²) in [7, 11) is 0. The van der Waals surface area contributed by atoms with E-state index >= 15 is 0 Å². The summed E-state index contributed by atoms with van der Waals surface area (Å²) in [6.07, 6.45) is 0. The maximum absolute atomic E-state index is 11.1. The molecule has 0 spiro atoms. The highest BCUT2D eigenvalue weighted by molar-refractivity contribution is 5.94. The van der Waals surface area contributed by atoms with Crippen LogP contribution < -0.4 is 0 Å². The Hall–Kier alpha value is -1.84. The van der Waals surface area contributed by atoms with E-state index in [0.29, 0.717) is 0 Å². The molecule has 1 aromatic rings. The van der Waals surface area contributed by atoms with Crippen LogP contribution in [0.2, 0.25) is 0 Å². The lowest BCUT2D eigenvalue weighted by molar-refractivity contribution is -0.156. The van der Waals surface area contributed by atoms with E-state index in [2.05, 4.69) is 0 Å². The molecule has 0 fully saturated rings. The van der Waals surface area contributed by atoms with Crippen molar-refractivity contribution in [3.63, 3.8) is 0 Å². The Labute approximate surface area is 106 Å². The molecule has 4 nitrogen and oxygen atoms in total. The van der Waals surface area contributed by atoms with E-state index in [-0.39, 0.29) is 5.92 Å². The molecule has 1 atom stereocenters. The van der Waals surface area contributed by atoms with Crippen molar-refractivity contribution >= 4 is 11.9 Å². The van der Waals surface area contributed by atoms with Gasteiger partial charge in [0.2, 0.25) is 0 Å². The number of rotatable bonds is 5. The molecule has 1 rings (SSSR count). The first kappa shape index (κ1) is 14.2. The van der Waals surface area contributed by atoms with Gasteiger partial charge in [-0.2, -0.15) is 0 Å². The van der Waals surface area contributed by atoms with E-state index in [9.17, 15) is 9.59 Å². The van der Waals surface area contributed by atoms with Gasteiger partial charge in [0.25, 0.3) is 0 Å². The van der Waals surface area contributed by atoms with Gasteiger partial charge in [-0.15, -0.1) is 0 Å². The van der Waals surface area contributed by atoms with Crippen LogP contribution in [0.5, 0.6) is 0 Å². The highest BCUT2D eigenvalue weighted by Gasteiger charge is 2.37. The molecule has 1 unspecified atom stereocenters. The van der Waals surface area contributed by atoms with Crippen molar-refractivity contribution in [2.45, 2.75) is 26.7 Å². The molecule has 0 bridgehead atoms.